The van der Waals surface area contributed by atoms with E-state index in [4.69, 9.17) is 4.52 Å². The van der Waals surface area contributed by atoms with E-state index in [9.17, 15) is 9.90 Å². The quantitative estimate of drug-likeness (QED) is 0.478. The minimum absolute atomic E-state index is 0.180. The first-order chi connectivity index (χ1) is 15.9. The van der Waals surface area contributed by atoms with E-state index >= 15 is 0 Å². The van der Waals surface area contributed by atoms with Crippen LogP contribution in [0.4, 0.5) is 11.6 Å². The number of rotatable bonds is 5. The molecule has 4 aromatic heterocycles. The summed E-state index contributed by atoms with van der Waals surface area (Å²) in [6, 6.07) is 12.5. The number of aryl methyl sites for hydroxylation is 1. The Kier molecular flexibility index (Phi) is 5.06. The maximum atomic E-state index is 12.4. The van der Waals surface area contributed by atoms with E-state index in [-0.39, 0.29) is 12.1 Å². The Balaban J connectivity index is 1.42. The Labute approximate surface area is 189 Å². The maximum Gasteiger partial charge on any atom is 0.260 e. The summed E-state index contributed by atoms with van der Waals surface area (Å²) in [6.45, 7) is 2.35. The van der Waals surface area contributed by atoms with E-state index in [0.717, 1.165) is 11.4 Å². The number of carbonyl (C=O) groups excluding carboxylic acids is 1. The largest absolute Gasteiger partial charge is 0.374 e. The highest BCUT2D eigenvalue weighted by molar-refractivity contribution is 5.88. The lowest BCUT2D eigenvalue weighted by Gasteiger charge is -2.16. The molecule has 1 atom stereocenters. The highest BCUT2D eigenvalue weighted by Crippen LogP contribution is 2.34. The molecule has 1 saturated heterocycles. The number of hydrogen-bond donors (Lipinski definition) is 2. The van der Waals surface area contributed by atoms with Crippen molar-refractivity contribution in [3.8, 4) is 22.8 Å². The first kappa shape index (κ1) is 20.7. The molecule has 0 aromatic carbocycles. The second-order valence-electron chi connectivity index (χ2n) is 7.85. The van der Waals surface area contributed by atoms with Gasteiger partial charge in [0.05, 0.1) is 22.8 Å². The molecule has 5 rings (SSSR count). The number of likely N-dealkylation sites (tertiary alicyclic amines) is 1. The molecule has 1 fully saturated rings. The van der Waals surface area contributed by atoms with Crippen LogP contribution < -0.4 is 5.32 Å². The summed E-state index contributed by atoms with van der Waals surface area (Å²) in [5.41, 5.74) is 1.88. The van der Waals surface area contributed by atoms with Gasteiger partial charge in [-0.05, 0) is 37.3 Å². The monoisotopic (exact) mass is 443 g/mol. The number of likely N-dealkylation sites (N-methyl/N-ethyl adjacent to an activating group) is 1. The van der Waals surface area contributed by atoms with Gasteiger partial charge in [-0.2, -0.15) is 0 Å². The van der Waals surface area contributed by atoms with Crippen LogP contribution in [0.5, 0.6) is 0 Å². The lowest BCUT2D eigenvalue weighted by Crippen LogP contribution is -2.36. The number of nitrogens with one attached hydrogen (secondary N) is 1. The molecule has 0 saturated carbocycles. The van der Waals surface area contributed by atoms with Crippen molar-refractivity contribution in [1.82, 2.24) is 30.0 Å². The Bertz CT molecular complexity index is 1340. The smallest absolute Gasteiger partial charge is 0.260 e. The highest BCUT2D eigenvalue weighted by atomic mass is 16.5. The van der Waals surface area contributed by atoms with Crippen molar-refractivity contribution in [3.05, 3.63) is 66.2 Å². The third-order valence-corrected chi connectivity index (χ3v) is 5.62. The zero-order valence-electron chi connectivity index (χ0n) is 18.1. The molecule has 10 heteroatoms. The average molecular weight is 443 g/mol. The van der Waals surface area contributed by atoms with Crippen LogP contribution in [-0.4, -0.2) is 54.6 Å². The van der Waals surface area contributed by atoms with Crippen molar-refractivity contribution < 1.29 is 14.4 Å². The molecular weight excluding hydrogens is 422 g/mol. The number of anilines is 2. The predicted molar refractivity (Wildman–Crippen MR) is 119 cm³/mol. The zero-order chi connectivity index (χ0) is 23.0. The zero-order valence-corrected chi connectivity index (χ0v) is 18.1. The molecule has 166 valence electrons. The second kappa shape index (κ2) is 8.06. The minimum Gasteiger partial charge on any atom is -0.374 e. The van der Waals surface area contributed by atoms with Crippen LogP contribution in [-0.2, 0) is 10.4 Å². The summed E-state index contributed by atoms with van der Waals surface area (Å²) in [4.78, 5) is 31.6. The maximum absolute atomic E-state index is 12.4. The van der Waals surface area contributed by atoms with Crippen molar-refractivity contribution in [2.24, 2.45) is 0 Å². The fourth-order valence-electron chi connectivity index (χ4n) is 3.70. The van der Waals surface area contributed by atoms with Gasteiger partial charge in [0, 0.05) is 38.5 Å². The van der Waals surface area contributed by atoms with Gasteiger partial charge >= 0.3 is 0 Å². The fourth-order valence-corrected chi connectivity index (χ4v) is 3.70. The Morgan fingerprint density at radius 1 is 1.06 bits per heavy atom. The van der Waals surface area contributed by atoms with Crippen molar-refractivity contribution >= 4 is 17.5 Å². The normalized spacial score (nSPS) is 18.0. The number of nitrogens with zero attached hydrogens (tertiary/aromatic N) is 6. The van der Waals surface area contributed by atoms with E-state index < -0.39 is 11.5 Å². The molecule has 4 aromatic rings. The van der Waals surface area contributed by atoms with Crippen molar-refractivity contribution in [3.63, 3.8) is 0 Å². The molecule has 2 N–H and O–H groups in total. The summed E-state index contributed by atoms with van der Waals surface area (Å²) in [6.07, 6.45) is 3.63. The molecule has 10 nitrogen and oxygen atoms in total. The third-order valence-electron chi connectivity index (χ3n) is 5.62. The molecule has 1 aliphatic heterocycles. The van der Waals surface area contributed by atoms with Gasteiger partial charge in [-0.3, -0.25) is 9.78 Å². The summed E-state index contributed by atoms with van der Waals surface area (Å²) in [7, 11) is 1.65. The second-order valence-corrected chi connectivity index (χ2v) is 7.85. The molecule has 1 amide bonds. The average Bonchev–Trinajstić information content (AvgIpc) is 3.43. The van der Waals surface area contributed by atoms with Gasteiger partial charge in [-0.25, -0.2) is 15.0 Å². The number of aliphatic hydroxyl groups is 1. The SMILES string of the molecule is Cc1ncccc1Nc1nccc(-c2cccc(-c3cc(C4(O)CCN(C)C4=O)no3)n2)n1. The molecule has 0 spiro atoms. The van der Waals surface area contributed by atoms with Crippen LogP contribution in [0.25, 0.3) is 22.8 Å². The predicted octanol–water partition coefficient (Wildman–Crippen LogP) is 2.69. The lowest BCUT2D eigenvalue weighted by molar-refractivity contribution is -0.143. The number of aromatic nitrogens is 5. The van der Waals surface area contributed by atoms with Gasteiger partial charge in [0.15, 0.2) is 11.4 Å². The van der Waals surface area contributed by atoms with Crippen LogP contribution in [0.3, 0.4) is 0 Å². The standard InChI is InChI=1S/C23H21N7O3/c1-14-15(7-4-10-24-14)27-22-25-11-8-17(28-22)16-5-3-6-18(26-16)19-13-20(29-33-19)23(32)9-12-30(2)21(23)31/h3-8,10-11,13,32H,9,12H2,1-2H3,(H,25,27,28). The first-order valence-corrected chi connectivity index (χ1v) is 10.4. The number of pyridine rings is 2. The van der Waals surface area contributed by atoms with E-state index in [1.165, 1.54) is 4.90 Å². The van der Waals surface area contributed by atoms with Gasteiger partial charge in [0.1, 0.15) is 11.4 Å². The minimum atomic E-state index is -1.67. The van der Waals surface area contributed by atoms with Gasteiger partial charge in [0.2, 0.25) is 5.95 Å². The number of amides is 1. The van der Waals surface area contributed by atoms with Crippen molar-refractivity contribution in [2.45, 2.75) is 18.9 Å². The summed E-state index contributed by atoms with van der Waals surface area (Å²) < 4.78 is 5.42. The Hall–Kier alpha value is -4.18. The summed E-state index contributed by atoms with van der Waals surface area (Å²) in [5.74, 6) is 0.374. The summed E-state index contributed by atoms with van der Waals surface area (Å²) in [5, 5.41) is 17.9. The molecule has 33 heavy (non-hydrogen) atoms. The molecule has 1 unspecified atom stereocenters. The van der Waals surface area contributed by atoms with Gasteiger partial charge in [-0.1, -0.05) is 11.2 Å². The first-order valence-electron chi connectivity index (χ1n) is 10.4. The molecule has 0 bridgehead atoms. The van der Waals surface area contributed by atoms with E-state index in [0.29, 0.717) is 35.3 Å². The van der Waals surface area contributed by atoms with Gasteiger partial charge in [-0.15, -0.1) is 0 Å². The van der Waals surface area contributed by atoms with Crippen LogP contribution in [0.1, 0.15) is 17.8 Å². The van der Waals surface area contributed by atoms with E-state index in [1.54, 1.807) is 37.6 Å². The van der Waals surface area contributed by atoms with Crippen molar-refractivity contribution in [2.75, 3.05) is 18.9 Å². The highest BCUT2D eigenvalue weighted by Gasteiger charge is 2.47. The molecule has 1 aliphatic rings. The van der Waals surface area contributed by atoms with Crippen LogP contribution in [0, 0.1) is 6.92 Å². The van der Waals surface area contributed by atoms with Crippen LogP contribution in [0.15, 0.2) is 59.4 Å². The third kappa shape index (κ3) is 3.80. The Morgan fingerprint density at radius 2 is 1.88 bits per heavy atom. The van der Waals surface area contributed by atoms with Gasteiger partial charge in [0.25, 0.3) is 5.91 Å². The summed E-state index contributed by atoms with van der Waals surface area (Å²) >= 11 is 0. The van der Waals surface area contributed by atoms with Gasteiger partial charge < -0.3 is 19.8 Å². The molecule has 5 heterocycles. The van der Waals surface area contributed by atoms with Crippen LogP contribution >= 0.6 is 0 Å². The lowest BCUT2D eigenvalue weighted by atomic mass is 9.97. The topological polar surface area (TPSA) is 130 Å². The fraction of sp³-hybridized carbons (Fsp3) is 0.217. The van der Waals surface area contributed by atoms with Crippen molar-refractivity contribution in [1.29, 1.82) is 0 Å². The molecular formula is C23H21N7O3. The van der Waals surface area contributed by atoms with E-state index in [2.05, 4.69) is 30.4 Å². The molecule has 0 radical (unpaired) electrons. The molecule has 0 aliphatic carbocycles. The Morgan fingerprint density at radius 3 is 2.67 bits per heavy atom. The number of carbonyl (C=O) groups is 1. The number of hydrogen-bond acceptors (Lipinski definition) is 9. The van der Waals surface area contributed by atoms with Crippen LogP contribution in [0.2, 0.25) is 0 Å². The van der Waals surface area contributed by atoms with E-state index in [1.807, 2.05) is 31.2 Å².